The van der Waals surface area contributed by atoms with Crippen molar-refractivity contribution >= 4 is 17.0 Å². The van der Waals surface area contributed by atoms with Crippen LogP contribution in [-0.4, -0.2) is 17.8 Å². The maximum atomic E-state index is 12.7. The Balaban J connectivity index is 1.97. The van der Waals surface area contributed by atoms with E-state index in [9.17, 15) is 9.90 Å². The average Bonchev–Trinajstić information content (AvgIpc) is 2.61. The fourth-order valence-electron chi connectivity index (χ4n) is 3.01. The third-order valence-corrected chi connectivity index (χ3v) is 4.25. The van der Waals surface area contributed by atoms with E-state index in [0.29, 0.717) is 17.1 Å². The minimum atomic E-state index is -0.598. The van der Waals surface area contributed by atoms with Crippen LogP contribution in [0.1, 0.15) is 19.4 Å². The molecule has 0 unspecified atom stereocenters. The third-order valence-electron chi connectivity index (χ3n) is 4.25. The summed E-state index contributed by atoms with van der Waals surface area (Å²) in [6.07, 6.45) is 3.63. The molecule has 6 nitrogen and oxygen atoms in total. The summed E-state index contributed by atoms with van der Waals surface area (Å²) in [6.45, 7) is 3.75. The first-order chi connectivity index (χ1) is 12.9. The molecule has 0 atom stereocenters. The Morgan fingerprint density at radius 1 is 1.15 bits per heavy atom. The molecule has 1 aromatic heterocycles. The molecule has 0 fully saturated rings. The van der Waals surface area contributed by atoms with Gasteiger partial charge in [-0.3, -0.25) is 4.79 Å². The Morgan fingerprint density at radius 3 is 2.59 bits per heavy atom. The molecule has 1 N–H and O–H groups in total. The standard InChI is InChI=1S/C21H18O6/c1-21(2)10-9-13-18-16(17(23)20(24-3)19(13)27-21)14(22)11-15(26-18)25-12-7-5-4-6-8-12/h4-11,23H,1-3H3. The van der Waals surface area contributed by atoms with Crippen LogP contribution in [0.15, 0.2) is 51.7 Å². The zero-order valence-corrected chi connectivity index (χ0v) is 15.1. The molecule has 27 heavy (non-hydrogen) atoms. The summed E-state index contributed by atoms with van der Waals surface area (Å²) < 4.78 is 22.7. The molecule has 1 aliphatic heterocycles. The molecule has 0 saturated heterocycles. The van der Waals surface area contributed by atoms with Crippen LogP contribution in [0.2, 0.25) is 0 Å². The molecule has 138 valence electrons. The number of ether oxygens (including phenoxy) is 3. The molecule has 2 aromatic carbocycles. The molecule has 1 aliphatic rings. The zero-order valence-electron chi connectivity index (χ0n) is 15.1. The minimum Gasteiger partial charge on any atom is -0.504 e. The Morgan fingerprint density at radius 2 is 1.89 bits per heavy atom. The van der Waals surface area contributed by atoms with Crippen molar-refractivity contribution in [3.63, 3.8) is 0 Å². The van der Waals surface area contributed by atoms with Crippen LogP contribution >= 0.6 is 0 Å². The van der Waals surface area contributed by atoms with Gasteiger partial charge in [0.25, 0.3) is 5.95 Å². The van der Waals surface area contributed by atoms with Gasteiger partial charge < -0.3 is 23.7 Å². The highest BCUT2D eigenvalue weighted by Crippen LogP contribution is 2.49. The first kappa shape index (κ1) is 17.0. The van der Waals surface area contributed by atoms with Crippen LogP contribution in [0.4, 0.5) is 0 Å². The lowest BCUT2D eigenvalue weighted by atomic mass is 9.99. The van der Waals surface area contributed by atoms with E-state index < -0.39 is 11.0 Å². The van der Waals surface area contributed by atoms with Gasteiger partial charge in [0, 0.05) is 0 Å². The predicted molar refractivity (Wildman–Crippen MR) is 101 cm³/mol. The van der Waals surface area contributed by atoms with E-state index in [1.54, 1.807) is 18.2 Å². The van der Waals surface area contributed by atoms with Crippen molar-refractivity contribution in [1.29, 1.82) is 0 Å². The highest BCUT2D eigenvalue weighted by Gasteiger charge is 2.31. The lowest BCUT2D eigenvalue weighted by Crippen LogP contribution is -2.28. The lowest BCUT2D eigenvalue weighted by molar-refractivity contribution is 0.151. The molecule has 0 bridgehead atoms. The van der Waals surface area contributed by atoms with Gasteiger partial charge in [-0.15, -0.1) is 0 Å². The maximum Gasteiger partial charge on any atom is 0.294 e. The highest BCUT2D eigenvalue weighted by molar-refractivity contribution is 5.97. The van der Waals surface area contributed by atoms with Crippen molar-refractivity contribution in [3.8, 4) is 28.9 Å². The quantitative estimate of drug-likeness (QED) is 0.736. The Kier molecular flexibility index (Phi) is 3.84. The number of hydrogen-bond acceptors (Lipinski definition) is 6. The van der Waals surface area contributed by atoms with Crippen LogP contribution in [0, 0.1) is 0 Å². The number of benzene rings is 2. The molecular formula is C21H18O6. The van der Waals surface area contributed by atoms with Crippen LogP contribution in [-0.2, 0) is 0 Å². The van der Waals surface area contributed by atoms with E-state index >= 15 is 0 Å². The van der Waals surface area contributed by atoms with E-state index in [1.807, 2.05) is 38.1 Å². The van der Waals surface area contributed by atoms with Gasteiger partial charge in [0.2, 0.25) is 11.2 Å². The van der Waals surface area contributed by atoms with E-state index in [2.05, 4.69) is 0 Å². The first-order valence-electron chi connectivity index (χ1n) is 8.41. The predicted octanol–water partition coefficient (Wildman–Crippen LogP) is 4.48. The molecule has 6 heteroatoms. The largest absolute Gasteiger partial charge is 0.504 e. The Hall–Kier alpha value is -3.41. The summed E-state index contributed by atoms with van der Waals surface area (Å²) in [5, 5.41) is 10.6. The van der Waals surface area contributed by atoms with Gasteiger partial charge in [-0.25, -0.2) is 0 Å². The van der Waals surface area contributed by atoms with Crippen molar-refractivity contribution < 1.29 is 23.7 Å². The minimum absolute atomic E-state index is 0.0129. The SMILES string of the molecule is COc1c2c(c3oc(Oc4ccccc4)cc(=O)c3c1O)C=CC(C)(C)O2. The van der Waals surface area contributed by atoms with E-state index in [0.717, 1.165) is 0 Å². The van der Waals surface area contributed by atoms with Gasteiger partial charge in [-0.05, 0) is 38.1 Å². The number of rotatable bonds is 3. The zero-order chi connectivity index (χ0) is 19.2. The molecule has 0 spiro atoms. The van der Waals surface area contributed by atoms with Gasteiger partial charge in [0.05, 0.1) is 18.7 Å². The number of methoxy groups -OCH3 is 1. The molecule has 3 aromatic rings. The summed E-state index contributed by atoms with van der Waals surface area (Å²) in [7, 11) is 1.41. The second-order valence-corrected chi connectivity index (χ2v) is 6.71. The summed E-state index contributed by atoms with van der Waals surface area (Å²) in [5.74, 6) is 0.634. The van der Waals surface area contributed by atoms with Gasteiger partial charge in [0.1, 0.15) is 16.7 Å². The number of hydrogen-bond donors (Lipinski definition) is 1. The fourth-order valence-corrected chi connectivity index (χ4v) is 3.01. The molecule has 0 saturated carbocycles. The smallest absolute Gasteiger partial charge is 0.294 e. The first-order valence-corrected chi connectivity index (χ1v) is 8.41. The molecular weight excluding hydrogens is 348 g/mol. The molecule has 0 radical (unpaired) electrons. The molecule has 4 rings (SSSR count). The Bertz CT molecular complexity index is 1110. The Labute approximate surface area is 155 Å². The molecule has 0 amide bonds. The number of para-hydroxylation sites is 1. The third kappa shape index (κ3) is 2.89. The van der Waals surface area contributed by atoms with Crippen molar-refractivity contribution in [2.75, 3.05) is 7.11 Å². The number of aromatic hydroxyl groups is 1. The number of phenols is 1. The van der Waals surface area contributed by atoms with Gasteiger partial charge in [-0.2, -0.15) is 0 Å². The summed E-state index contributed by atoms with van der Waals surface area (Å²) in [5.41, 5.74) is -0.360. The van der Waals surface area contributed by atoms with E-state index in [1.165, 1.54) is 13.2 Å². The highest BCUT2D eigenvalue weighted by atomic mass is 16.6. The van der Waals surface area contributed by atoms with E-state index in [4.69, 9.17) is 18.6 Å². The number of phenolic OH excluding ortho intramolecular Hbond substituents is 1. The second kappa shape index (κ2) is 6.09. The van der Waals surface area contributed by atoms with Crippen LogP contribution in [0.3, 0.4) is 0 Å². The average molecular weight is 366 g/mol. The van der Waals surface area contributed by atoms with Crippen molar-refractivity contribution in [2.24, 2.45) is 0 Å². The summed E-state index contributed by atoms with van der Waals surface area (Å²) in [4.78, 5) is 12.7. The molecule has 2 heterocycles. The second-order valence-electron chi connectivity index (χ2n) is 6.71. The van der Waals surface area contributed by atoms with Gasteiger partial charge >= 0.3 is 0 Å². The van der Waals surface area contributed by atoms with Crippen LogP contribution in [0.25, 0.3) is 17.0 Å². The maximum absolute atomic E-state index is 12.7. The topological polar surface area (TPSA) is 78.1 Å². The fraction of sp³-hybridized carbons (Fsp3) is 0.190. The van der Waals surface area contributed by atoms with Crippen molar-refractivity contribution in [2.45, 2.75) is 19.4 Å². The van der Waals surface area contributed by atoms with Crippen molar-refractivity contribution in [3.05, 3.63) is 58.3 Å². The number of fused-ring (bicyclic) bond motifs is 3. The van der Waals surface area contributed by atoms with Crippen LogP contribution in [0.5, 0.6) is 28.9 Å². The summed E-state index contributed by atoms with van der Waals surface area (Å²) in [6, 6.07) is 10.2. The van der Waals surface area contributed by atoms with E-state index in [-0.39, 0.29) is 28.4 Å². The normalized spacial score (nSPS) is 14.5. The van der Waals surface area contributed by atoms with Gasteiger partial charge in [-0.1, -0.05) is 18.2 Å². The summed E-state index contributed by atoms with van der Waals surface area (Å²) >= 11 is 0. The van der Waals surface area contributed by atoms with Crippen molar-refractivity contribution in [1.82, 2.24) is 0 Å². The lowest BCUT2D eigenvalue weighted by Gasteiger charge is -2.29. The molecule has 0 aliphatic carbocycles. The van der Waals surface area contributed by atoms with Gasteiger partial charge in [0.15, 0.2) is 17.1 Å². The monoisotopic (exact) mass is 366 g/mol. The van der Waals surface area contributed by atoms with Crippen LogP contribution < -0.4 is 19.6 Å².